The number of phenolic OH excluding ortho intramolecular Hbond substituents is 1. The summed E-state index contributed by atoms with van der Waals surface area (Å²) in [6.07, 6.45) is 0. The fourth-order valence-corrected chi connectivity index (χ4v) is 7.30. The van der Waals surface area contributed by atoms with Crippen molar-refractivity contribution in [3.05, 3.63) is 143 Å². The summed E-state index contributed by atoms with van der Waals surface area (Å²) in [6, 6.07) is 41.7. The van der Waals surface area contributed by atoms with E-state index >= 15 is 0 Å². The standard InChI is InChI=1S/C47H45N5O/c1-45(2,3)31-27-34(43(53)35(28-31)46(4,5)6)44-49-42-33(37-21-15-20-36(48-37)30-24-25-38-39(26-30)51-47(7,8)50-38)19-14-23-41(42)52(44)40-22-13-12-18-32(40)29-16-10-9-11-17-29/h9-28,53H,1-8H3. The minimum atomic E-state index is -0.462. The van der Waals surface area contributed by atoms with Gasteiger partial charge in [-0.05, 0) is 78.3 Å². The van der Waals surface area contributed by atoms with E-state index in [0.717, 1.165) is 72.2 Å². The normalized spacial score (nSPS) is 13.8. The molecule has 0 amide bonds. The number of phenols is 1. The lowest BCUT2D eigenvalue weighted by Gasteiger charge is -2.27. The molecule has 0 spiro atoms. The predicted octanol–water partition coefficient (Wildman–Crippen LogP) is 10.4. The first-order valence-electron chi connectivity index (χ1n) is 18.3. The van der Waals surface area contributed by atoms with E-state index in [1.54, 1.807) is 0 Å². The van der Waals surface area contributed by atoms with Crippen LogP contribution >= 0.6 is 0 Å². The molecule has 53 heavy (non-hydrogen) atoms. The quantitative estimate of drug-likeness (QED) is 0.195. The minimum Gasteiger partial charge on any atom is -0.507 e. The molecule has 0 unspecified atom stereocenters. The van der Waals surface area contributed by atoms with Crippen LogP contribution in [0, 0.1) is 0 Å². The summed E-state index contributed by atoms with van der Waals surface area (Å²) in [5, 5.41) is 14.0. The molecule has 0 aliphatic carbocycles. The molecule has 0 bridgehead atoms. The molecule has 1 aliphatic rings. The smallest absolute Gasteiger partial charge is 0.149 e. The molecule has 0 radical (unpaired) electrons. The highest BCUT2D eigenvalue weighted by Gasteiger charge is 2.29. The van der Waals surface area contributed by atoms with Crippen LogP contribution in [0.4, 0.5) is 0 Å². The Morgan fingerprint density at radius 1 is 0.566 bits per heavy atom. The summed E-state index contributed by atoms with van der Waals surface area (Å²) in [5.41, 5.74) is 10.2. The number of imidazole rings is 1. The topological polar surface area (TPSA) is 75.7 Å². The molecule has 6 nitrogen and oxygen atoms in total. The molecule has 0 saturated heterocycles. The van der Waals surface area contributed by atoms with Crippen LogP contribution in [0.3, 0.4) is 0 Å². The van der Waals surface area contributed by atoms with Crippen molar-refractivity contribution < 1.29 is 5.11 Å². The highest BCUT2D eigenvalue weighted by atomic mass is 16.3. The first kappa shape index (κ1) is 34.2. The average molecular weight is 696 g/mol. The number of rotatable bonds is 5. The van der Waals surface area contributed by atoms with Gasteiger partial charge in [-0.2, -0.15) is 0 Å². The van der Waals surface area contributed by atoms with Gasteiger partial charge in [0.1, 0.15) is 17.2 Å². The van der Waals surface area contributed by atoms with Crippen LogP contribution in [0.15, 0.2) is 131 Å². The van der Waals surface area contributed by atoms with Gasteiger partial charge >= 0.3 is 0 Å². The zero-order valence-corrected chi connectivity index (χ0v) is 31.7. The maximum Gasteiger partial charge on any atom is 0.149 e. The van der Waals surface area contributed by atoms with Gasteiger partial charge in [0, 0.05) is 22.3 Å². The molecule has 7 aromatic rings. The Labute approximate surface area is 311 Å². The number of benzene rings is 5. The average Bonchev–Trinajstić information content (AvgIpc) is 3.66. The van der Waals surface area contributed by atoms with Crippen molar-refractivity contribution >= 4 is 11.0 Å². The lowest BCUT2D eigenvalue weighted by molar-refractivity contribution is 0.446. The molecule has 1 N–H and O–H groups in total. The lowest BCUT2D eigenvalue weighted by Crippen LogP contribution is -2.20. The number of aromatic hydroxyl groups is 1. The Hall–Kier alpha value is -5.88. The van der Waals surface area contributed by atoms with Gasteiger partial charge in [-0.25, -0.2) is 9.97 Å². The molecule has 2 aromatic heterocycles. The number of hydrogen-bond acceptors (Lipinski definition) is 5. The molecule has 5 aromatic carbocycles. The van der Waals surface area contributed by atoms with E-state index in [9.17, 15) is 5.11 Å². The summed E-state index contributed by atoms with van der Waals surface area (Å²) in [4.78, 5) is 20.2. The van der Waals surface area contributed by atoms with Crippen LogP contribution in [0.5, 0.6) is 5.75 Å². The van der Waals surface area contributed by atoms with E-state index in [1.165, 1.54) is 0 Å². The lowest BCUT2D eigenvalue weighted by atomic mass is 9.79. The van der Waals surface area contributed by atoms with Gasteiger partial charge in [-0.15, -0.1) is 0 Å². The third-order valence-electron chi connectivity index (χ3n) is 10.0. The predicted molar refractivity (Wildman–Crippen MR) is 216 cm³/mol. The van der Waals surface area contributed by atoms with E-state index < -0.39 is 5.66 Å². The first-order valence-corrected chi connectivity index (χ1v) is 18.3. The van der Waals surface area contributed by atoms with Crippen molar-refractivity contribution in [3.63, 3.8) is 0 Å². The monoisotopic (exact) mass is 695 g/mol. The highest BCUT2D eigenvalue weighted by molar-refractivity contribution is 5.96. The van der Waals surface area contributed by atoms with Crippen molar-refractivity contribution in [1.29, 1.82) is 0 Å². The van der Waals surface area contributed by atoms with Gasteiger partial charge in [0.2, 0.25) is 0 Å². The third-order valence-corrected chi connectivity index (χ3v) is 10.0. The summed E-state index contributed by atoms with van der Waals surface area (Å²) in [6.45, 7) is 17.1. The number of hydrogen-bond donors (Lipinski definition) is 1. The SMILES string of the molecule is CC1(C)N=c2ccc(-c3cccc(-c4cccc5c4nc(-c4cc(C(C)(C)C)cc(C(C)(C)C)c4O)n5-c4ccccc4-c4ccccc4)n3)cc2=N1. The van der Waals surface area contributed by atoms with E-state index in [2.05, 4.69) is 137 Å². The summed E-state index contributed by atoms with van der Waals surface area (Å²) < 4.78 is 2.21. The van der Waals surface area contributed by atoms with E-state index in [0.29, 0.717) is 11.4 Å². The zero-order valence-electron chi connectivity index (χ0n) is 31.7. The maximum absolute atomic E-state index is 12.2. The Morgan fingerprint density at radius 2 is 1.25 bits per heavy atom. The molecule has 0 fully saturated rings. The van der Waals surface area contributed by atoms with Crippen LogP contribution in [0.2, 0.25) is 0 Å². The van der Waals surface area contributed by atoms with Crippen LogP contribution in [0.1, 0.15) is 66.5 Å². The van der Waals surface area contributed by atoms with Crippen LogP contribution in [0.25, 0.3) is 61.8 Å². The van der Waals surface area contributed by atoms with E-state index in [4.69, 9.17) is 20.0 Å². The van der Waals surface area contributed by atoms with Gasteiger partial charge < -0.3 is 5.11 Å². The Bertz CT molecular complexity index is 2670. The second kappa shape index (κ2) is 12.4. The summed E-state index contributed by atoms with van der Waals surface area (Å²) in [5.74, 6) is 0.922. The van der Waals surface area contributed by atoms with Crippen LogP contribution in [-0.4, -0.2) is 25.3 Å². The molecular formula is C47H45N5O. The number of pyridine rings is 1. The third kappa shape index (κ3) is 6.22. The number of para-hydroxylation sites is 2. The first-order chi connectivity index (χ1) is 25.2. The number of aromatic nitrogens is 3. The zero-order chi connectivity index (χ0) is 37.3. The molecule has 0 saturated carbocycles. The molecule has 264 valence electrons. The van der Waals surface area contributed by atoms with Crippen LogP contribution < -0.4 is 10.7 Å². The van der Waals surface area contributed by atoms with E-state index in [1.807, 2.05) is 44.2 Å². The van der Waals surface area contributed by atoms with Gasteiger partial charge in [0.05, 0.1) is 44.4 Å². The minimum absolute atomic E-state index is 0.161. The second-order valence-electron chi connectivity index (χ2n) is 16.6. The van der Waals surface area contributed by atoms with Gasteiger partial charge in [-0.3, -0.25) is 14.6 Å². The molecular weight excluding hydrogens is 651 g/mol. The summed E-state index contributed by atoms with van der Waals surface area (Å²) >= 11 is 0. The fourth-order valence-electron chi connectivity index (χ4n) is 7.30. The van der Waals surface area contributed by atoms with Crippen molar-refractivity contribution in [2.24, 2.45) is 9.98 Å². The summed E-state index contributed by atoms with van der Waals surface area (Å²) in [7, 11) is 0. The van der Waals surface area contributed by atoms with Gasteiger partial charge in [0.15, 0.2) is 0 Å². The van der Waals surface area contributed by atoms with Crippen molar-refractivity contribution in [1.82, 2.24) is 14.5 Å². The Morgan fingerprint density at radius 3 is 2.00 bits per heavy atom. The molecule has 0 atom stereocenters. The largest absolute Gasteiger partial charge is 0.507 e. The second-order valence-corrected chi connectivity index (χ2v) is 16.6. The van der Waals surface area contributed by atoms with Crippen molar-refractivity contribution in [2.45, 2.75) is 71.9 Å². The molecule has 8 rings (SSSR count). The number of fused-ring (bicyclic) bond motifs is 2. The molecule has 6 heteroatoms. The van der Waals surface area contributed by atoms with Gasteiger partial charge in [0.25, 0.3) is 0 Å². The molecule has 3 heterocycles. The van der Waals surface area contributed by atoms with Gasteiger partial charge in [-0.1, -0.05) is 120 Å². The maximum atomic E-state index is 12.2. The van der Waals surface area contributed by atoms with Crippen LogP contribution in [-0.2, 0) is 10.8 Å². The highest BCUT2D eigenvalue weighted by Crippen LogP contribution is 2.45. The van der Waals surface area contributed by atoms with Crippen molar-refractivity contribution in [3.8, 4) is 56.5 Å². The van der Waals surface area contributed by atoms with E-state index in [-0.39, 0.29) is 16.6 Å². The molecule has 1 aliphatic heterocycles. The Balaban J connectivity index is 1.41. The fraction of sp³-hybridized carbons (Fsp3) is 0.234. The Kier molecular flexibility index (Phi) is 7.99. The number of nitrogens with zero attached hydrogens (tertiary/aromatic N) is 5. The van der Waals surface area contributed by atoms with Crippen molar-refractivity contribution in [2.75, 3.05) is 0 Å².